The van der Waals surface area contributed by atoms with E-state index in [0.717, 1.165) is 18.0 Å². The van der Waals surface area contributed by atoms with Crippen LogP contribution in [0.3, 0.4) is 0 Å². The van der Waals surface area contributed by atoms with E-state index >= 15 is 0 Å². The second kappa shape index (κ2) is 7.92. The number of nitrogens with one attached hydrogen (secondary N) is 3. The van der Waals surface area contributed by atoms with Crippen LogP contribution < -0.4 is 16.0 Å². The molecule has 4 amide bonds. The van der Waals surface area contributed by atoms with Crippen LogP contribution >= 0.6 is 0 Å². The van der Waals surface area contributed by atoms with E-state index in [4.69, 9.17) is 0 Å². The van der Waals surface area contributed by atoms with Crippen LogP contribution in [0.15, 0.2) is 42.7 Å². The summed E-state index contributed by atoms with van der Waals surface area (Å²) in [6, 6.07) is 8.25. The number of aromatic nitrogens is 1. The number of benzene rings is 1. The molecule has 164 valence electrons. The number of fused-ring (bicyclic) bond motifs is 1. The molecule has 3 N–H and O–H groups in total. The Morgan fingerprint density at radius 1 is 1.06 bits per heavy atom. The van der Waals surface area contributed by atoms with Crippen LogP contribution in [-0.4, -0.2) is 59.2 Å². The molecule has 2 fully saturated rings. The van der Waals surface area contributed by atoms with Gasteiger partial charge in [-0.05, 0) is 35.7 Å². The highest BCUT2D eigenvalue weighted by molar-refractivity contribution is 6.24. The second-order valence-corrected chi connectivity index (χ2v) is 8.51. The normalized spacial score (nSPS) is 21.9. The molecule has 9 heteroatoms. The van der Waals surface area contributed by atoms with E-state index in [1.807, 2.05) is 18.2 Å². The number of amides is 4. The quantitative estimate of drug-likeness (QED) is 0.553. The monoisotopic (exact) mass is 433 g/mol. The Kier molecular flexibility index (Phi) is 5.07. The smallest absolute Gasteiger partial charge is 0.262 e. The van der Waals surface area contributed by atoms with Gasteiger partial charge in [0.2, 0.25) is 11.8 Å². The van der Waals surface area contributed by atoms with Crippen molar-refractivity contribution in [1.82, 2.24) is 25.8 Å². The Balaban J connectivity index is 1.33. The van der Waals surface area contributed by atoms with Gasteiger partial charge in [-0.25, -0.2) is 0 Å². The first-order valence-electron chi connectivity index (χ1n) is 10.7. The van der Waals surface area contributed by atoms with Gasteiger partial charge in [0.15, 0.2) is 0 Å². The second-order valence-electron chi connectivity index (χ2n) is 8.51. The number of hydrogen-bond acceptors (Lipinski definition) is 7. The minimum absolute atomic E-state index is 0.0422. The minimum atomic E-state index is -0.961. The zero-order valence-electron chi connectivity index (χ0n) is 17.4. The maximum absolute atomic E-state index is 13.2. The molecule has 1 unspecified atom stereocenters. The highest BCUT2D eigenvalue weighted by atomic mass is 16.2. The van der Waals surface area contributed by atoms with Gasteiger partial charge in [-0.2, -0.15) is 0 Å². The number of hydrogen-bond donors (Lipinski definition) is 3. The summed E-state index contributed by atoms with van der Waals surface area (Å²) in [6.07, 6.45) is 3.81. The maximum atomic E-state index is 13.2. The third kappa shape index (κ3) is 3.30. The van der Waals surface area contributed by atoms with Gasteiger partial charge in [0, 0.05) is 50.4 Å². The summed E-state index contributed by atoms with van der Waals surface area (Å²) < 4.78 is 0. The Morgan fingerprint density at radius 3 is 2.53 bits per heavy atom. The van der Waals surface area contributed by atoms with Crippen LogP contribution in [0.1, 0.15) is 44.7 Å². The van der Waals surface area contributed by atoms with Crippen LogP contribution in [0.5, 0.6) is 0 Å². The van der Waals surface area contributed by atoms with Crippen molar-refractivity contribution in [3.8, 4) is 0 Å². The first-order chi connectivity index (χ1) is 15.5. The van der Waals surface area contributed by atoms with E-state index in [1.165, 1.54) is 5.56 Å². The van der Waals surface area contributed by atoms with E-state index < -0.39 is 23.8 Å². The summed E-state index contributed by atoms with van der Waals surface area (Å²) in [5.74, 6) is -1.96. The molecule has 2 aromatic rings. The molecule has 32 heavy (non-hydrogen) atoms. The van der Waals surface area contributed by atoms with Gasteiger partial charge >= 0.3 is 0 Å². The molecular formula is C23H23N5O4. The van der Waals surface area contributed by atoms with E-state index in [1.54, 1.807) is 24.5 Å². The van der Waals surface area contributed by atoms with Gasteiger partial charge in [-0.1, -0.05) is 12.1 Å². The summed E-state index contributed by atoms with van der Waals surface area (Å²) >= 11 is 0. The van der Waals surface area contributed by atoms with E-state index in [9.17, 15) is 19.2 Å². The molecule has 1 atom stereocenters. The van der Waals surface area contributed by atoms with Crippen molar-refractivity contribution < 1.29 is 19.2 Å². The molecule has 0 bridgehead atoms. The van der Waals surface area contributed by atoms with Crippen LogP contribution in [0.4, 0.5) is 0 Å². The van der Waals surface area contributed by atoms with Gasteiger partial charge in [-0.3, -0.25) is 34.4 Å². The largest absolute Gasteiger partial charge is 0.315 e. The summed E-state index contributed by atoms with van der Waals surface area (Å²) in [7, 11) is 0. The van der Waals surface area contributed by atoms with Crippen molar-refractivity contribution in [2.45, 2.75) is 30.8 Å². The highest BCUT2D eigenvalue weighted by Gasteiger charge is 2.45. The highest BCUT2D eigenvalue weighted by Crippen LogP contribution is 2.31. The molecule has 1 aromatic heterocycles. The summed E-state index contributed by atoms with van der Waals surface area (Å²) in [4.78, 5) is 55.0. The van der Waals surface area contributed by atoms with E-state index in [0.29, 0.717) is 29.8 Å². The van der Waals surface area contributed by atoms with Crippen LogP contribution in [0.2, 0.25) is 0 Å². The fourth-order valence-electron chi connectivity index (χ4n) is 4.73. The maximum Gasteiger partial charge on any atom is 0.262 e. The van der Waals surface area contributed by atoms with Crippen LogP contribution in [-0.2, 0) is 21.5 Å². The zero-order chi connectivity index (χ0) is 22.3. The fourth-order valence-corrected chi connectivity index (χ4v) is 4.73. The molecule has 0 radical (unpaired) electrons. The molecule has 0 aliphatic carbocycles. The van der Waals surface area contributed by atoms with Gasteiger partial charge < -0.3 is 10.6 Å². The number of imide groups is 2. The van der Waals surface area contributed by atoms with E-state index in [-0.39, 0.29) is 24.2 Å². The Bertz CT molecular complexity index is 1110. The molecule has 1 aromatic carbocycles. The number of rotatable bonds is 6. The van der Waals surface area contributed by atoms with E-state index in [2.05, 4.69) is 20.9 Å². The van der Waals surface area contributed by atoms with Crippen molar-refractivity contribution in [3.05, 3.63) is 65.0 Å². The lowest BCUT2D eigenvalue weighted by molar-refractivity contribution is -0.136. The van der Waals surface area contributed by atoms with Gasteiger partial charge in [0.1, 0.15) is 6.04 Å². The molecule has 3 aliphatic heterocycles. The average molecular weight is 433 g/mol. The number of piperidine rings is 1. The molecule has 3 aliphatic rings. The predicted octanol–water partition coefficient (Wildman–Crippen LogP) is 0.114. The van der Waals surface area contributed by atoms with Crippen molar-refractivity contribution >= 4 is 23.6 Å². The third-order valence-electron chi connectivity index (χ3n) is 6.55. The Morgan fingerprint density at radius 2 is 1.84 bits per heavy atom. The third-order valence-corrected chi connectivity index (χ3v) is 6.55. The minimum Gasteiger partial charge on any atom is -0.315 e. The lowest BCUT2D eigenvalue weighted by Gasteiger charge is -2.43. The van der Waals surface area contributed by atoms with Crippen LogP contribution in [0, 0.1) is 0 Å². The van der Waals surface area contributed by atoms with Gasteiger partial charge in [-0.15, -0.1) is 0 Å². The molecule has 5 rings (SSSR count). The van der Waals surface area contributed by atoms with Gasteiger partial charge in [0.05, 0.1) is 11.1 Å². The first-order valence-corrected chi connectivity index (χ1v) is 10.7. The number of carbonyl (C=O) groups excluding carboxylic acids is 4. The van der Waals surface area contributed by atoms with Crippen molar-refractivity contribution in [2.24, 2.45) is 0 Å². The number of pyridine rings is 1. The predicted molar refractivity (Wildman–Crippen MR) is 114 cm³/mol. The standard InChI is InChI=1S/C23H23N5O4/c29-18-5-4-17(20(30)27-18)28-21(31)16-3-1-2-14(19(16)22(28)32)10-25-11-23(12-26-13-23)15-6-8-24-9-7-15/h1-3,6-9,17,25-26H,4-5,10-13H2,(H,27,29,30). The molecule has 4 heterocycles. The SMILES string of the molecule is O=C1CCC(N2C(=O)c3cccc(CNCC4(c5ccncc5)CNC4)c3C2=O)C(=O)N1. The lowest BCUT2D eigenvalue weighted by atomic mass is 9.75. The Hall–Kier alpha value is -3.43. The first kappa shape index (κ1) is 20.5. The zero-order valence-corrected chi connectivity index (χ0v) is 17.4. The lowest BCUT2D eigenvalue weighted by Crippen LogP contribution is -2.61. The van der Waals surface area contributed by atoms with Gasteiger partial charge in [0.25, 0.3) is 11.8 Å². The van der Waals surface area contributed by atoms with Crippen molar-refractivity contribution in [3.63, 3.8) is 0 Å². The number of nitrogens with zero attached hydrogens (tertiary/aromatic N) is 2. The molecule has 0 saturated carbocycles. The fraction of sp³-hybridized carbons (Fsp3) is 0.348. The van der Waals surface area contributed by atoms with Crippen molar-refractivity contribution in [1.29, 1.82) is 0 Å². The molecule has 2 saturated heterocycles. The average Bonchev–Trinajstić information content (AvgIpc) is 3.02. The summed E-state index contributed by atoms with van der Waals surface area (Å²) in [6.45, 7) is 2.81. The topological polar surface area (TPSA) is 120 Å². The molecule has 9 nitrogen and oxygen atoms in total. The van der Waals surface area contributed by atoms with Crippen LogP contribution in [0.25, 0.3) is 0 Å². The van der Waals surface area contributed by atoms with Crippen molar-refractivity contribution in [2.75, 3.05) is 19.6 Å². The number of carbonyl (C=O) groups is 4. The molecule has 0 spiro atoms. The molecular weight excluding hydrogens is 410 g/mol. The Labute approximate surface area is 184 Å². The summed E-state index contributed by atoms with van der Waals surface area (Å²) in [5.41, 5.74) is 2.51. The summed E-state index contributed by atoms with van der Waals surface area (Å²) in [5, 5.41) is 9.00.